The minimum atomic E-state index is -0.850. The van der Waals surface area contributed by atoms with Crippen LogP contribution in [0.15, 0.2) is 24.3 Å². The van der Waals surface area contributed by atoms with E-state index in [0.717, 1.165) is 44.9 Å². The normalized spacial score (nSPS) is 45.2. The number of carbonyl (C=O) groups is 5. The summed E-state index contributed by atoms with van der Waals surface area (Å²) in [5.41, 5.74) is 5.91. The summed E-state index contributed by atoms with van der Waals surface area (Å²) < 4.78 is 6.52. The van der Waals surface area contributed by atoms with Gasteiger partial charge in [-0.25, -0.2) is 0 Å². The van der Waals surface area contributed by atoms with Gasteiger partial charge in [0.1, 0.15) is 11.9 Å². The molecule has 62 heavy (non-hydrogen) atoms. The Morgan fingerprint density at radius 2 is 1.60 bits per heavy atom. The lowest BCUT2D eigenvalue weighted by Gasteiger charge is -2.75. The molecule has 2 amide bonds. The monoisotopic (exact) mass is 878 g/mol. The second-order valence-corrected chi connectivity index (χ2v) is 23.8. The highest BCUT2D eigenvalue weighted by molar-refractivity contribution is 6.30. The molecular weight excluding hydrogens is 806 g/mol. The Labute approximate surface area is 373 Å². The van der Waals surface area contributed by atoms with Gasteiger partial charge in [-0.15, -0.1) is 0 Å². The first-order valence-corrected chi connectivity index (χ1v) is 23.9. The van der Waals surface area contributed by atoms with Crippen LogP contribution in [0, 0.1) is 79.3 Å². The molecule has 7 fully saturated rings. The average Bonchev–Trinajstić information content (AvgIpc) is 3.53. The van der Waals surface area contributed by atoms with Gasteiger partial charge in [-0.3, -0.25) is 24.0 Å². The van der Waals surface area contributed by atoms with Crippen LogP contribution in [0.3, 0.4) is 0 Å². The third-order valence-electron chi connectivity index (χ3n) is 21.0. The van der Waals surface area contributed by atoms with E-state index in [9.17, 15) is 34.2 Å². The number of esters is 1. The van der Waals surface area contributed by atoms with Crippen LogP contribution in [-0.4, -0.2) is 70.6 Å². The molecule has 1 aromatic rings. The molecule has 0 radical (unpaired) electrons. The smallest absolute Gasteiger partial charge is 0.309 e. The number of nitrogens with two attached hydrogens (primary N) is 1. The van der Waals surface area contributed by atoms with Crippen molar-refractivity contribution in [2.45, 2.75) is 151 Å². The number of ether oxygens (including phenoxy) is 1. The standard InChI is InChI=1S/C50H72ClN3O8/c1-27(2)38-34(56)23-48(24-37(57)54-31(26-55)25-53-40(58)29-10-12-30(51)13-11-29)20-19-46(8)44(6)18-21-49-28(3)47(49,9)36(62-42(61)33-22-32(41(59)60)43(33,4)5)15-16-45(49,7)35(44)14-17-50(46,52)39(38)48/h10-13,27-28,31-33,35-36,38-39,55H,14-26,52H2,1-9H3,(H,53,58)(H,54,57)(H,59,60)/t28?,31-,32-,33+,35-,36-,38?,39?,44+,45+,46-,47+,48-,49-,50?/m0/s1. The van der Waals surface area contributed by atoms with E-state index in [0.29, 0.717) is 41.7 Å². The molecule has 342 valence electrons. The van der Waals surface area contributed by atoms with Crippen LogP contribution in [0.1, 0.15) is 143 Å². The number of aliphatic carboxylic acids is 1. The fraction of sp³-hybridized carbons (Fsp3) is 0.780. The summed E-state index contributed by atoms with van der Waals surface area (Å²) in [6.07, 6.45) is 7.49. The predicted molar refractivity (Wildman–Crippen MR) is 236 cm³/mol. The number of halogens is 1. The number of carboxylic acid groups (broad SMARTS) is 1. The molecule has 4 unspecified atom stereocenters. The molecule has 1 spiro atoms. The second-order valence-electron chi connectivity index (χ2n) is 23.3. The fourth-order valence-electron chi connectivity index (χ4n) is 17.3. The number of hydrogen-bond donors (Lipinski definition) is 5. The summed E-state index contributed by atoms with van der Waals surface area (Å²) in [4.78, 5) is 67.0. The predicted octanol–water partition coefficient (Wildman–Crippen LogP) is 7.59. The van der Waals surface area contributed by atoms with E-state index in [-0.39, 0.29) is 94.1 Å². The number of carboxylic acids is 1. The number of amides is 2. The van der Waals surface area contributed by atoms with Gasteiger partial charge in [-0.05, 0) is 138 Å². The first kappa shape index (κ1) is 45.5. The zero-order valence-electron chi connectivity index (χ0n) is 38.5. The maximum Gasteiger partial charge on any atom is 0.309 e. The fourth-order valence-corrected chi connectivity index (χ4v) is 17.4. The molecule has 0 aromatic heterocycles. The minimum absolute atomic E-state index is 0.00506. The van der Waals surface area contributed by atoms with Gasteiger partial charge in [0.25, 0.3) is 5.91 Å². The SMILES string of the molecule is CC(C)C1C(=O)C[C@]2(CC(=O)N[C@H](CO)CNC(=O)c3ccc(Cl)cc3)CC[C@]3(C)C(N)(CC[C@@H]4[C@@]5(C)CC[C@H](OC(=O)[C@H]6C[C@@H](C(=O)O)C6(C)C)[C@@]6(C)C(C)[C@@]56CC[C@]43C)C12. The van der Waals surface area contributed by atoms with Crippen LogP contribution < -0.4 is 16.4 Å². The number of aliphatic hydroxyl groups is 1. The number of rotatable bonds is 11. The molecule has 7 aliphatic rings. The van der Waals surface area contributed by atoms with Gasteiger partial charge in [-0.2, -0.15) is 0 Å². The largest absolute Gasteiger partial charge is 0.481 e. The molecule has 11 nitrogen and oxygen atoms in total. The lowest BCUT2D eigenvalue weighted by Crippen LogP contribution is -2.76. The Morgan fingerprint density at radius 1 is 0.919 bits per heavy atom. The molecule has 7 aliphatic carbocycles. The van der Waals surface area contributed by atoms with E-state index in [4.69, 9.17) is 22.1 Å². The molecule has 6 N–H and O–H groups in total. The van der Waals surface area contributed by atoms with Gasteiger partial charge in [0.05, 0.1) is 24.5 Å². The number of carbonyl (C=O) groups excluding carboxylic acids is 4. The van der Waals surface area contributed by atoms with Crippen molar-refractivity contribution in [1.29, 1.82) is 0 Å². The maximum atomic E-state index is 14.3. The number of hydrogen-bond acceptors (Lipinski definition) is 8. The molecule has 12 heteroatoms. The van der Waals surface area contributed by atoms with Crippen LogP contribution in [0.4, 0.5) is 0 Å². The Morgan fingerprint density at radius 3 is 2.21 bits per heavy atom. The van der Waals surface area contributed by atoms with Gasteiger partial charge in [0.15, 0.2) is 0 Å². The highest BCUT2D eigenvalue weighted by Crippen LogP contribution is 2.90. The zero-order chi connectivity index (χ0) is 45.4. The number of ketones is 1. The topological polar surface area (TPSA) is 185 Å². The van der Waals surface area contributed by atoms with Gasteiger partial charge in [0, 0.05) is 46.8 Å². The number of nitrogens with one attached hydrogen (secondary N) is 2. The van der Waals surface area contributed by atoms with Crippen LogP contribution in [0.25, 0.3) is 0 Å². The molecule has 1 aromatic carbocycles. The summed E-state index contributed by atoms with van der Waals surface area (Å²) in [5, 5.41) is 26.4. The van der Waals surface area contributed by atoms with Crippen LogP contribution in [-0.2, 0) is 23.9 Å². The Balaban J connectivity index is 1.02. The Kier molecular flexibility index (Phi) is 10.8. The first-order valence-electron chi connectivity index (χ1n) is 23.5. The van der Waals surface area contributed by atoms with E-state index < -0.39 is 40.2 Å². The number of Topliss-reactive ketones (excluding diaryl/α,β-unsaturated/α-hetero) is 1. The van der Waals surface area contributed by atoms with Crippen LogP contribution >= 0.6 is 11.6 Å². The van der Waals surface area contributed by atoms with Gasteiger partial charge < -0.3 is 31.3 Å². The van der Waals surface area contributed by atoms with Gasteiger partial charge in [0.2, 0.25) is 5.91 Å². The Bertz CT molecular complexity index is 2040. The molecule has 7 saturated carbocycles. The lowest BCUT2D eigenvalue weighted by molar-refractivity contribution is -0.250. The van der Waals surface area contributed by atoms with Crippen molar-refractivity contribution < 1.29 is 38.9 Å². The van der Waals surface area contributed by atoms with E-state index in [2.05, 4.69) is 59.1 Å². The molecule has 0 saturated heterocycles. The van der Waals surface area contributed by atoms with Crippen LogP contribution in [0.2, 0.25) is 5.02 Å². The number of benzene rings is 1. The van der Waals surface area contributed by atoms with E-state index in [1.54, 1.807) is 24.3 Å². The van der Waals surface area contributed by atoms with Gasteiger partial charge in [-0.1, -0.05) is 73.9 Å². The van der Waals surface area contributed by atoms with E-state index in [1.807, 2.05) is 13.8 Å². The summed E-state index contributed by atoms with van der Waals surface area (Å²) >= 11 is 5.99. The van der Waals surface area contributed by atoms with Crippen molar-refractivity contribution in [2.24, 2.45) is 85.1 Å². The molecule has 0 heterocycles. The van der Waals surface area contributed by atoms with Gasteiger partial charge >= 0.3 is 11.9 Å². The third-order valence-corrected chi connectivity index (χ3v) is 21.2. The molecular formula is C50H72ClN3O8. The van der Waals surface area contributed by atoms with Crippen molar-refractivity contribution in [3.63, 3.8) is 0 Å². The minimum Gasteiger partial charge on any atom is -0.481 e. The summed E-state index contributed by atoms with van der Waals surface area (Å²) in [6.45, 7) is 19.8. The summed E-state index contributed by atoms with van der Waals surface area (Å²) in [7, 11) is 0. The molecule has 0 aliphatic heterocycles. The van der Waals surface area contributed by atoms with E-state index in [1.165, 1.54) is 0 Å². The molecule has 8 rings (SSSR count). The van der Waals surface area contributed by atoms with Crippen molar-refractivity contribution in [1.82, 2.24) is 10.6 Å². The van der Waals surface area contributed by atoms with Crippen molar-refractivity contribution in [2.75, 3.05) is 13.2 Å². The van der Waals surface area contributed by atoms with Crippen molar-refractivity contribution in [3.8, 4) is 0 Å². The highest BCUT2D eigenvalue weighted by Gasteiger charge is 2.87. The third kappa shape index (κ3) is 5.90. The van der Waals surface area contributed by atoms with Crippen molar-refractivity contribution in [3.05, 3.63) is 34.9 Å². The molecule has 15 atom stereocenters. The number of aliphatic hydroxyl groups excluding tert-OH is 1. The summed E-state index contributed by atoms with van der Waals surface area (Å²) in [5.74, 6) is -2.11. The quantitative estimate of drug-likeness (QED) is 0.140. The Hall–Kier alpha value is -3.02. The second kappa shape index (κ2) is 14.7. The van der Waals surface area contributed by atoms with E-state index >= 15 is 0 Å². The zero-order valence-corrected chi connectivity index (χ0v) is 39.3. The first-order chi connectivity index (χ1) is 28.8. The summed E-state index contributed by atoms with van der Waals surface area (Å²) in [6, 6.07) is 5.80. The average molecular weight is 879 g/mol. The maximum absolute atomic E-state index is 14.3. The van der Waals surface area contributed by atoms with Crippen LogP contribution in [0.5, 0.6) is 0 Å². The highest BCUT2D eigenvalue weighted by atomic mass is 35.5. The number of fused-ring (bicyclic) bond motifs is 6. The van der Waals surface area contributed by atoms with Crippen molar-refractivity contribution >= 4 is 41.1 Å². The molecule has 0 bridgehead atoms. The lowest BCUT2D eigenvalue weighted by atomic mass is 9.30.